The number of azide groups is 1. The molecule has 0 spiro atoms. The minimum atomic E-state index is -0.548. The molecule has 6 heteroatoms. The van der Waals surface area contributed by atoms with Crippen LogP contribution in [0.5, 0.6) is 0 Å². The van der Waals surface area contributed by atoms with Crippen molar-refractivity contribution in [3.63, 3.8) is 0 Å². The van der Waals surface area contributed by atoms with Crippen molar-refractivity contribution >= 4 is 0 Å². The second-order valence-corrected chi connectivity index (χ2v) is 3.92. The summed E-state index contributed by atoms with van der Waals surface area (Å²) in [5.74, 6) is -0.548. The van der Waals surface area contributed by atoms with Gasteiger partial charge in [0.25, 0.3) is 0 Å². The topological polar surface area (TPSA) is 76.5 Å². The molecule has 14 heavy (non-hydrogen) atoms. The predicted octanol–water partition coefficient (Wildman–Crippen LogP) is 1.22. The van der Waals surface area contributed by atoms with Gasteiger partial charge in [-0.1, -0.05) is 5.11 Å². The minimum absolute atomic E-state index is 0.0242. The average molecular weight is 199 g/mol. The lowest BCUT2D eigenvalue weighted by molar-refractivity contribution is -0.173. The van der Waals surface area contributed by atoms with Gasteiger partial charge in [-0.05, 0) is 19.4 Å². The Morgan fingerprint density at radius 3 is 3.00 bits per heavy atom. The van der Waals surface area contributed by atoms with Crippen molar-refractivity contribution in [2.45, 2.75) is 37.9 Å². The molecule has 0 radical (unpaired) electrons. The van der Waals surface area contributed by atoms with Gasteiger partial charge in [0.1, 0.15) is 12.2 Å². The highest BCUT2D eigenvalue weighted by molar-refractivity contribution is 4.93. The SMILES string of the molecule is CC1(C)O[C@H]2[C@@H](CN=[N+]=[N-])OC[C@H]2O1. The van der Waals surface area contributed by atoms with Gasteiger partial charge in [-0.15, -0.1) is 0 Å². The fraction of sp³-hybridized carbons (Fsp3) is 1.00. The molecule has 3 atom stereocenters. The van der Waals surface area contributed by atoms with Crippen LogP contribution >= 0.6 is 0 Å². The van der Waals surface area contributed by atoms with Gasteiger partial charge in [-0.25, -0.2) is 0 Å². The summed E-state index contributed by atoms with van der Waals surface area (Å²) in [5.41, 5.74) is 8.20. The summed E-state index contributed by atoms with van der Waals surface area (Å²) in [4.78, 5) is 2.70. The molecule has 2 fully saturated rings. The van der Waals surface area contributed by atoms with Gasteiger partial charge in [-0.2, -0.15) is 0 Å². The Balaban J connectivity index is 2.01. The molecule has 2 heterocycles. The normalized spacial score (nSPS) is 39.1. The molecule has 2 aliphatic heterocycles. The predicted molar refractivity (Wildman–Crippen MR) is 47.6 cm³/mol. The number of ether oxygens (including phenoxy) is 3. The maximum atomic E-state index is 8.20. The molecule has 2 rings (SSSR count). The highest BCUT2D eigenvalue weighted by Crippen LogP contribution is 2.35. The van der Waals surface area contributed by atoms with Crippen molar-refractivity contribution in [2.24, 2.45) is 5.11 Å². The first-order valence-corrected chi connectivity index (χ1v) is 4.60. The third-order valence-corrected chi connectivity index (χ3v) is 2.39. The Morgan fingerprint density at radius 2 is 2.29 bits per heavy atom. The molecule has 2 saturated heterocycles. The third-order valence-electron chi connectivity index (χ3n) is 2.39. The van der Waals surface area contributed by atoms with E-state index in [0.717, 1.165) is 0 Å². The zero-order valence-electron chi connectivity index (χ0n) is 8.21. The Hall–Kier alpha value is -0.810. The lowest BCUT2D eigenvalue weighted by atomic mass is 10.1. The summed E-state index contributed by atoms with van der Waals surface area (Å²) in [6.45, 7) is 4.56. The second-order valence-electron chi connectivity index (χ2n) is 3.92. The van der Waals surface area contributed by atoms with Crippen LogP contribution in [0.4, 0.5) is 0 Å². The summed E-state index contributed by atoms with van der Waals surface area (Å²) >= 11 is 0. The molecule has 0 aliphatic carbocycles. The smallest absolute Gasteiger partial charge is 0.164 e. The van der Waals surface area contributed by atoms with Crippen LogP contribution in [0.3, 0.4) is 0 Å². The van der Waals surface area contributed by atoms with E-state index in [1.54, 1.807) is 0 Å². The molecule has 0 saturated carbocycles. The van der Waals surface area contributed by atoms with E-state index in [9.17, 15) is 0 Å². The van der Waals surface area contributed by atoms with Crippen molar-refractivity contribution in [3.8, 4) is 0 Å². The monoisotopic (exact) mass is 199 g/mol. The van der Waals surface area contributed by atoms with Crippen molar-refractivity contribution < 1.29 is 14.2 Å². The van der Waals surface area contributed by atoms with E-state index in [-0.39, 0.29) is 18.3 Å². The molecule has 78 valence electrons. The lowest BCUT2D eigenvalue weighted by Gasteiger charge is -2.20. The Labute approximate surface area is 81.8 Å². The largest absolute Gasteiger partial charge is 0.372 e. The first kappa shape index (κ1) is 9.73. The van der Waals surface area contributed by atoms with Gasteiger partial charge < -0.3 is 14.2 Å². The molecule has 2 aliphatic rings. The highest BCUT2D eigenvalue weighted by Gasteiger charge is 2.49. The average Bonchev–Trinajstić information content (AvgIpc) is 2.57. The highest BCUT2D eigenvalue weighted by atomic mass is 16.8. The fourth-order valence-electron chi connectivity index (χ4n) is 1.89. The van der Waals surface area contributed by atoms with Gasteiger partial charge in [-0.3, -0.25) is 0 Å². The first-order valence-electron chi connectivity index (χ1n) is 4.60. The molecule has 0 unspecified atom stereocenters. The molecule has 0 amide bonds. The first-order chi connectivity index (χ1) is 6.62. The van der Waals surface area contributed by atoms with Gasteiger partial charge in [0, 0.05) is 4.91 Å². The quantitative estimate of drug-likeness (QED) is 0.381. The van der Waals surface area contributed by atoms with Crippen LogP contribution in [0.15, 0.2) is 5.11 Å². The summed E-state index contributed by atoms with van der Waals surface area (Å²) in [5, 5.41) is 3.48. The van der Waals surface area contributed by atoms with E-state index in [1.807, 2.05) is 13.8 Å². The lowest BCUT2D eigenvalue weighted by Crippen LogP contribution is -2.31. The van der Waals surface area contributed by atoms with E-state index in [4.69, 9.17) is 19.7 Å². The van der Waals surface area contributed by atoms with Crippen LogP contribution in [-0.2, 0) is 14.2 Å². The molecule has 0 aromatic rings. The zero-order chi connectivity index (χ0) is 10.2. The van der Waals surface area contributed by atoms with E-state index < -0.39 is 5.79 Å². The van der Waals surface area contributed by atoms with Crippen molar-refractivity contribution in [3.05, 3.63) is 10.4 Å². The minimum Gasteiger partial charge on any atom is -0.372 e. The van der Waals surface area contributed by atoms with Gasteiger partial charge in [0.2, 0.25) is 0 Å². The van der Waals surface area contributed by atoms with E-state index in [2.05, 4.69) is 10.0 Å². The summed E-state index contributed by atoms with van der Waals surface area (Å²) in [7, 11) is 0. The van der Waals surface area contributed by atoms with Crippen LogP contribution in [0.2, 0.25) is 0 Å². The Bertz CT molecular complexity index is 275. The van der Waals surface area contributed by atoms with E-state index >= 15 is 0 Å². The van der Waals surface area contributed by atoms with Gasteiger partial charge >= 0.3 is 0 Å². The van der Waals surface area contributed by atoms with Crippen LogP contribution in [0, 0.1) is 0 Å². The molecule has 6 nitrogen and oxygen atoms in total. The van der Waals surface area contributed by atoms with E-state index in [1.165, 1.54) is 0 Å². The molecule has 0 aromatic carbocycles. The molecular formula is C8H13N3O3. The Morgan fingerprint density at radius 1 is 1.50 bits per heavy atom. The number of hydrogen-bond acceptors (Lipinski definition) is 4. The summed E-state index contributed by atoms with van der Waals surface area (Å²) < 4.78 is 16.7. The van der Waals surface area contributed by atoms with Crippen LogP contribution < -0.4 is 0 Å². The number of fused-ring (bicyclic) bond motifs is 1. The standard InChI is InChI=1S/C8H13N3O3/c1-8(2)13-6-4-12-5(3-10-11-9)7(6)14-8/h5-7H,3-4H2,1-2H3/t5-,6-,7+/m1/s1. The molecule has 0 bridgehead atoms. The van der Waals surface area contributed by atoms with Crippen LogP contribution in [0.1, 0.15) is 13.8 Å². The maximum absolute atomic E-state index is 8.20. The Kier molecular flexibility index (Phi) is 2.36. The molecular weight excluding hydrogens is 186 g/mol. The van der Waals surface area contributed by atoms with Crippen molar-refractivity contribution in [2.75, 3.05) is 13.2 Å². The van der Waals surface area contributed by atoms with E-state index in [0.29, 0.717) is 13.2 Å². The van der Waals surface area contributed by atoms with Gasteiger partial charge in [0.05, 0.1) is 19.3 Å². The second kappa shape index (κ2) is 3.40. The summed E-state index contributed by atoms with van der Waals surface area (Å²) in [6.07, 6.45) is -0.294. The molecule has 0 N–H and O–H groups in total. The maximum Gasteiger partial charge on any atom is 0.164 e. The zero-order valence-corrected chi connectivity index (χ0v) is 8.21. The summed E-state index contributed by atoms with van der Waals surface area (Å²) in [6, 6.07) is 0. The number of hydrogen-bond donors (Lipinski definition) is 0. The van der Waals surface area contributed by atoms with Crippen LogP contribution in [0.25, 0.3) is 10.4 Å². The van der Waals surface area contributed by atoms with Gasteiger partial charge in [0.15, 0.2) is 5.79 Å². The third kappa shape index (κ3) is 1.69. The fourth-order valence-corrected chi connectivity index (χ4v) is 1.89. The van der Waals surface area contributed by atoms with Crippen LogP contribution in [-0.4, -0.2) is 37.3 Å². The number of nitrogens with zero attached hydrogens (tertiary/aromatic N) is 3. The molecule has 0 aromatic heterocycles. The number of rotatable bonds is 2. The van der Waals surface area contributed by atoms with Crippen molar-refractivity contribution in [1.29, 1.82) is 0 Å². The van der Waals surface area contributed by atoms with Crippen molar-refractivity contribution in [1.82, 2.24) is 0 Å².